The van der Waals surface area contributed by atoms with Crippen molar-refractivity contribution in [2.75, 3.05) is 34.3 Å². The first kappa shape index (κ1) is 20.6. The fraction of sp³-hybridized carbons (Fsp3) is 0.400. The molecule has 3 N–H and O–H groups in total. The average Bonchev–Trinajstić information content (AvgIpc) is 3.44. The van der Waals surface area contributed by atoms with E-state index in [4.69, 9.17) is 4.74 Å². The molecule has 2 aromatic heterocycles. The number of benzene rings is 1. The first-order chi connectivity index (χ1) is 14.3. The Morgan fingerprint density at radius 3 is 2.77 bits per heavy atom. The summed E-state index contributed by atoms with van der Waals surface area (Å²) in [5.41, 5.74) is 1.90. The number of fused-ring (bicyclic) bond motifs is 1. The number of rotatable bonds is 8. The minimum absolute atomic E-state index is 0.263. The maximum atomic E-state index is 12.4. The lowest BCUT2D eigenvalue weighted by Gasteiger charge is -2.11. The van der Waals surface area contributed by atoms with E-state index in [2.05, 4.69) is 19.9 Å². The van der Waals surface area contributed by atoms with Gasteiger partial charge in [0.25, 0.3) is 5.56 Å². The van der Waals surface area contributed by atoms with E-state index in [0.717, 1.165) is 23.2 Å². The number of aromatic amines is 2. The summed E-state index contributed by atoms with van der Waals surface area (Å²) in [6.07, 6.45) is 0.463. The molecule has 0 spiro atoms. The van der Waals surface area contributed by atoms with Crippen molar-refractivity contribution >= 4 is 20.9 Å². The third-order valence-corrected chi connectivity index (χ3v) is 7.20. The summed E-state index contributed by atoms with van der Waals surface area (Å²) in [6.45, 7) is 1.41. The van der Waals surface area contributed by atoms with Crippen LogP contribution in [0.15, 0.2) is 35.1 Å². The highest BCUT2D eigenvalue weighted by atomic mass is 32.2. The number of nitrogens with one attached hydrogen (secondary N) is 3. The van der Waals surface area contributed by atoms with Crippen LogP contribution in [0.3, 0.4) is 0 Å². The predicted molar refractivity (Wildman–Crippen MR) is 115 cm³/mol. The third-order valence-electron chi connectivity index (χ3n) is 5.32. The minimum atomic E-state index is -3.39. The van der Waals surface area contributed by atoms with E-state index in [1.165, 1.54) is 7.05 Å². The number of sulfonamides is 1. The molecule has 2 heterocycles. The minimum Gasteiger partial charge on any atom is -0.492 e. The van der Waals surface area contributed by atoms with Crippen LogP contribution >= 0.6 is 0 Å². The van der Waals surface area contributed by atoms with Gasteiger partial charge in [-0.2, -0.15) is 0 Å². The normalized spacial score (nSPS) is 18.8. The molecule has 0 radical (unpaired) electrons. The fourth-order valence-electron chi connectivity index (χ4n) is 3.55. The largest absolute Gasteiger partial charge is 0.492 e. The van der Waals surface area contributed by atoms with Gasteiger partial charge in [0.1, 0.15) is 12.4 Å². The van der Waals surface area contributed by atoms with E-state index in [0.29, 0.717) is 30.0 Å². The van der Waals surface area contributed by atoms with Gasteiger partial charge < -0.3 is 14.7 Å². The summed E-state index contributed by atoms with van der Waals surface area (Å²) in [5.74, 6) is 0.499. The molecule has 0 bridgehead atoms. The zero-order chi connectivity index (χ0) is 21.5. The van der Waals surface area contributed by atoms with Crippen LogP contribution in [-0.2, 0) is 10.0 Å². The maximum Gasteiger partial charge on any atom is 0.273 e. The SMILES string of the molecule is CNS(=O)(=O)C1CC1c1[nH][nH]c(=O)c1-c1ccc2cc(OCCN(C)C)ccc2n1. The molecule has 9 nitrogen and oxygen atoms in total. The number of hydrogen-bond donors (Lipinski definition) is 3. The van der Waals surface area contributed by atoms with Crippen LogP contribution in [0.25, 0.3) is 22.2 Å². The molecule has 2 atom stereocenters. The van der Waals surface area contributed by atoms with Crippen LogP contribution < -0.4 is 15.0 Å². The standard InChI is InChI=1S/C20H25N5O4S/c1-21-30(27,28)17-11-14(17)19-18(20(26)24-23-19)16-6-4-12-10-13(5-7-15(12)22-16)29-9-8-25(2)3/h4-7,10,14,17,21H,8-9,11H2,1-3H3,(H2,23,24,26). The van der Waals surface area contributed by atoms with Crippen molar-refractivity contribution in [3.63, 3.8) is 0 Å². The van der Waals surface area contributed by atoms with E-state index < -0.39 is 15.3 Å². The Kier molecular flexibility index (Phi) is 5.39. The van der Waals surface area contributed by atoms with Crippen molar-refractivity contribution in [1.82, 2.24) is 24.8 Å². The van der Waals surface area contributed by atoms with E-state index in [1.807, 2.05) is 43.3 Å². The van der Waals surface area contributed by atoms with Gasteiger partial charge in [0.2, 0.25) is 10.0 Å². The van der Waals surface area contributed by atoms with Gasteiger partial charge in [0.15, 0.2) is 0 Å². The first-order valence-electron chi connectivity index (χ1n) is 9.72. The lowest BCUT2D eigenvalue weighted by molar-refractivity contribution is 0.261. The molecule has 1 saturated carbocycles. The lowest BCUT2D eigenvalue weighted by Crippen LogP contribution is -2.23. The van der Waals surface area contributed by atoms with Gasteiger partial charge in [0, 0.05) is 17.8 Å². The molecule has 0 saturated heterocycles. The van der Waals surface area contributed by atoms with E-state index in [-0.39, 0.29) is 11.5 Å². The number of nitrogens with zero attached hydrogens (tertiary/aromatic N) is 2. The average molecular weight is 432 g/mol. The second kappa shape index (κ2) is 7.86. The van der Waals surface area contributed by atoms with Gasteiger partial charge in [-0.3, -0.25) is 9.89 Å². The molecule has 4 rings (SSSR count). The fourth-order valence-corrected chi connectivity index (χ4v) is 4.88. The van der Waals surface area contributed by atoms with Gasteiger partial charge in [-0.05, 0) is 51.8 Å². The van der Waals surface area contributed by atoms with Gasteiger partial charge in [-0.15, -0.1) is 0 Å². The molecule has 0 aliphatic heterocycles. The van der Waals surface area contributed by atoms with Crippen molar-refractivity contribution < 1.29 is 13.2 Å². The summed E-state index contributed by atoms with van der Waals surface area (Å²) in [4.78, 5) is 19.1. The van der Waals surface area contributed by atoms with E-state index in [9.17, 15) is 13.2 Å². The summed E-state index contributed by atoms with van der Waals surface area (Å²) in [6, 6.07) is 9.29. The second-order valence-corrected chi connectivity index (χ2v) is 9.80. The number of aromatic nitrogens is 3. The Hall–Kier alpha value is -2.69. The van der Waals surface area contributed by atoms with Gasteiger partial charge in [-0.1, -0.05) is 6.07 Å². The second-order valence-electron chi connectivity index (χ2n) is 7.70. The van der Waals surface area contributed by atoms with Crippen molar-refractivity contribution in [2.24, 2.45) is 0 Å². The lowest BCUT2D eigenvalue weighted by atomic mass is 10.1. The Balaban J connectivity index is 1.62. The Labute approximate surface area is 174 Å². The first-order valence-corrected chi connectivity index (χ1v) is 11.3. The molecule has 0 amide bonds. The topological polar surface area (TPSA) is 120 Å². The third kappa shape index (κ3) is 3.98. The molecule has 2 unspecified atom stereocenters. The predicted octanol–water partition coefficient (Wildman–Crippen LogP) is 1.26. The van der Waals surface area contributed by atoms with Crippen LogP contribution in [-0.4, -0.2) is 68.0 Å². The number of likely N-dealkylation sites (N-methyl/N-ethyl adjacent to an activating group) is 1. The Morgan fingerprint density at radius 1 is 1.23 bits per heavy atom. The van der Waals surface area contributed by atoms with Crippen molar-refractivity contribution in [1.29, 1.82) is 0 Å². The molecule has 1 aliphatic rings. The molecule has 10 heteroatoms. The summed E-state index contributed by atoms with van der Waals surface area (Å²) < 4.78 is 32.3. The van der Waals surface area contributed by atoms with Gasteiger partial charge in [-0.25, -0.2) is 18.1 Å². The Bertz CT molecular complexity index is 1230. The molecule has 1 fully saturated rings. The highest BCUT2D eigenvalue weighted by Crippen LogP contribution is 2.46. The summed E-state index contributed by atoms with van der Waals surface area (Å²) >= 11 is 0. The summed E-state index contributed by atoms with van der Waals surface area (Å²) in [5, 5.41) is 5.79. The number of H-pyrrole nitrogens is 2. The molecule has 1 aromatic carbocycles. The number of ether oxygens (including phenoxy) is 1. The van der Waals surface area contributed by atoms with Gasteiger partial charge in [0.05, 0.1) is 27.7 Å². The quantitative estimate of drug-likeness (QED) is 0.494. The number of pyridine rings is 1. The van der Waals surface area contributed by atoms with Crippen LogP contribution in [0.2, 0.25) is 0 Å². The molecular weight excluding hydrogens is 406 g/mol. The summed E-state index contributed by atoms with van der Waals surface area (Å²) in [7, 11) is 1.99. The van der Waals surface area contributed by atoms with Crippen molar-refractivity contribution in [3.8, 4) is 17.0 Å². The van der Waals surface area contributed by atoms with Crippen LogP contribution in [0.4, 0.5) is 0 Å². The molecule has 30 heavy (non-hydrogen) atoms. The van der Waals surface area contributed by atoms with Crippen LogP contribution in [0.5, 0.6) is 5.75 Å². The number of hydrogen-bond acceptors (Lipinski definition) is 6. The maximum absolute atomic E-state index is 12.4. The highest BCUT2D eigenvalue weighted by Gasteiger charge is 2.50. The Morgan fingerprint density at radius 2 is 2.03 bits per heavy atom. The molecular formula is C20H25N5O4S. The van der Waals surface area contributed by atoms with Crippen LogP contribution in [0, 0.1) is 0 Å². The van der Waals surface area contributed by atoms with Crippen LogP contribution in [0.1, 0.15) is 18.0 Å². The monoisotopic (exact) mass is 431 g/mol. The van der Waals surface area contributed by atoms with E-state index in [1.54, 1.807) is 6.07 Å². The van der Waals surface area contributed by atoms with E-state index >= 15 is 0 Å². The molecule has 3 aromatic rings. The van der Waals surface area contributed by atoms with Crippen molar-refractivity contribution in [2.45, 2.75) is 17.6 Å². The highest BCUT2D eigenvalue weighted by molar-refractivity contribution is 7.90. The smallest absolute Gasteiger partial charge is 0.273 e. The zero-order valence-corrected chi connectivity index (χ0v) is 17.9. The zero-order valence-electron chi connectivity index (χ0n) is 17.1. The van der Waals surface area contributed by atoms with Crippen molar-refractivity contribution in [3.05, 3.63) is 46.4 Å². The molecule has 1 aliphatic carbocycles. The van der Waals surface area contributed by atoms with Gasteiger partial charge >= 0.3 is 0 Å². The molecule has 160 valence electrons.